The van der Waals surface area contributed by atoms with E-state index in [0.717, 1.165) is 35.9 Å². The summed E-state index contributed by atoms with van der Waals surface area (Å²) >= 11 is 0. The zero-order chi connectivity index (χ0) is 24.2. The van der Waals surface area contributed by atoms with Gasteiger partial charge in [-0.2, -0.15) is 0 Å². The second-order valence-corrected chi connectivity index (χ2v) is 8.83. The summed E-state index contributed by atoms with van der Waals surface area (Å²) < 4.78 is 1.74. The van der Waals surface area contributed by atoms with Crippen molar-refractivity contribution in [1.82, 2.24) is 19.4 Å². The van der Waals surface area contributed by atoms with Gasteiger partial charge in [-0.1, -0.05) is 42.5 Å². The minimum absolute atomic E-state index is 0.0135. The van der Waals surface area contributed by atoms with Gasteiger partial charge in [0.05, 0.1) is 23.8 Å². The lowest BCUT2D eigenvalue weighted by Gasteiger charge is -2.39. The summed E-state index contributed by atoms with van der Waals surface area (Å²) in [5.41, 5.74) is 2.69. The largest absolute Gasteiger partial charge is 0.507 e. The number of aromatic hydroxyl groups is 1. The normalized spacial score (nSPS) is 15.2. The summed E-state index contributed by atoms with van der Waals surface area (Å²) in [5.74, 6) is 0.963. The number of aryl methyl sites for hydroxylation is 1. The number of aromatic nitrogens is 3. The van der Waals surface area contributed by atoms with Gasteiger partial charge >= 0.3 is 0 Å². The van der Waals surface area contributed by atoms with Gasteiger partial charge in [-0.15, -0.1) is 0 Å². The summed E-state index contributed by atoms with van der Waals surface area (Å²) in [5, 5.41) is 11.1. The molecule has 0 saturated carbocycles. The third-order valence-electron chi connectivity index (χ3n) is 6.60. The fourth-order valence-corrected chi connectivity index (χ4v) is 4.79. The molecule has 0 radical (unpaired) electrons. The summed E-state index contributed by atoms with van der Waals surface area (Å²) in [6, 6.07) is 22.8. The zero-order valence-electron chi connectivity index (χ0n) is 19.8. The Bertz CT molecular complexity index is 1320. The number of hydrogen-bond acceptors (Lipinski definition) is 6. The highest BCUT2D eigenvalue weighted by Crippen LogP contribution is 2.32. The van der Waals surface area contributed by atoms with Crippen LogP contribution in [0.15, 0.2) is 90.0 Å². The Morgan fingerprint density at radius 2 is 1.57 bits per heavy atom. The minimum Gasteiger partial charge on any atom is -0.507 e. The monoisotopic (exact) mass is 467 g/mol. The minimum atomic E-state index is -0.447. The molecule has 1 aliphatic heterocycles. The number of piperazine rings is 1. The van der Waals surface area contributed by atoms with Crippen LogP contribution in [-0.4, -0.2) is 50.7 Å². The van der Waals surface area contributed by atoms with Crippen molar-refractivity contribution >= 4 is 5.82 Å². The third-order valence-corrected chi connectivity index (χ3v) is 6.60. The van der Waals surface area contributed by atoms with Gasteiger partial charge in [-0.05, 0) is 42.8 Å². The van der Waals surface area contributed by atoms with Gasteiger partial charge in [0, 0.05) is 44.3 Å². The average molecular weight is 468 g/mol. The maximum absolute atomic E-state index is 13.9. The molecule has 5 rings (SSSR count). The second-order valence-electron chi connectivity index (χ2n) is 8.83. The summed E-state index contributed by atoms with van der Waals surface area (Å²) in [6.07, 6.45) is 3.54. The van der Waals surface area contributed by atoms with Gasteiger partial charge in [0.25, 0.3) is 5.56 Å². The predicted molar refractivity (Wildman–Crippen MR) is 137 cm³/mol. The third kappa shape index (κ3) is 4.81. The molecule has 35 heavy (non-hydrogen) atoms. The lowest BCUT2D eigenvalue weighted by Crippen LogP contribution is -2.49. The summed E-state index contributed by atoms with van der Waals surface area (Å²) in [7, 11) is 0. The number of anilines is 1. The standard InChI is InChI=1S/C28H29N5O2/c1-21-19-24(34)26(28(35)33(21)20-22-9-3-2-4-10-22)27(23-11-5-7-13-29-23)32-17-15-31(16-18-32)25-12-6-8-14-30-25/h2-14,19,27,34H,15-18,20H2,1H3. The molecule has 7 nitrogen and oxygen atoms in total. The fourth-order valence-electron chi connectivity index (χ4n) is 4.79. The number of rotatable bonds is 6. The molecule has 1 unspecified atom stereocenters. The van der Waals surface area contributed by atoms with E-state index in [4.69, 9.17) is 0 Å². The highest BCUT2D eigenvalue weighted by Gasteiger charge is 2.32. The van der Waals surface area contributed by atoms with Crippen LogP contribution in [0.5, 0.6) is 5.75 Å². The molecular weight excluding hydrogens is 438 g/mol. The van der Waals surface area contributed by atoms with Crippen molar-refractivity contribution in [2.24, 2.45) is 0 Å². The molecule has 7 heteroatoms. The molecular formula is C28H29N5O2. The Hall–Kier alpha value is -3.97. The van der Waals surface area contributed by atoms with E-state index in [0.29, 0.717) is 25.2 Å². The van der Waals surface area contributed by atoms with E-state index < -0.39 is 6.04 Å². The molecule has 4 aromatic rings. The molecule has 0 aliphatic carbocycles. The molecule has 4 heterocycles. The first-order valence-electron chi connectivity index (χ1n) is 11.9. The molecule has 1 fully saturated rings. The first-order chi connectivity index (χ1) is 17.1. The number of pyridine rings is 3. The van der Waals surface area contributed by atoms with E-state index in [1.54, 1.807) is 23.0 Å². The molecule has 178 valence electrons. The molecule has 0 spiro atoms. The molecule has 1 saturated heterocycles. The maximum Gasteiger partial charge on any atom is 0.260 e. The van der Waals surface area contributed by atoms with Crippen molar-refractivity contribution < 1.29 is 5.11 Å². The molecule has 1 aliphatic rings. The Morgan fingerprint density at radius 1 is 0.886 bits per heavy atom. The second kappa shape index (κ2) is 10.1. The van der Waals surface area contributed by atoms with Crippen LogP contribution in [0.2, 0.25) is 0 Å². The topological polar surface area (TPSA) is 74.5 Å². The molecule has 1 aromatic carbocycles. The van der Waals surface area contributed by atoms with E-state index in [1.165, 1.54) is 0 Å². The number of benzene rings is 1. The Kier molecular flexibility index (Phi) is 6.59. The number of nitrogens with zero attached hydrogens (tertiary/aromatic N) is 5. The fraction of sp³-hybridized carbons (Fsp3) is 0.250. The maximum atomic E-state index is 13.9. The Morgan fingerprint density at radius 3 is 2.23 bits per heavy atom. The van der Waals surface area contributed by atoms with Crippen molar-refractivity contribution in [1.29, 1.82) is 0 Å². The highest BCUT2D eigenvalue weighted by molar-refractivity contribution is 5.41. The summed E-state index contributed by atoms with van der Waals surface area (Å²) in [6.45, 7) is 5.26. The van der Waals surface area contributed by atoms with Crippen molar-refractivity contribution in [3.8, 4) is 5.75 Å². The average Bonchev–Trinajstić information content (AvgIpc) is 2.91. The van der Waals surface area contributed by atoms with Gasteiger partial charge in [-0.3, -0.25) is 14.7 Å². The van der Waals surface area contributed by atoms with Crippen LogP contribution in [0.1, 0.15) is 28.6 Å². The van der Waals surface area contributed by atoms with Crippen molar-refractivity contribution in [2.75, 3.05) is 31.1 Å². The first kappa shape index (κ1) is 22.8. The Balaban J connectivity index is 1.52. The summed E-state index contributed by atoms with van der Waals surface area (Å²) in [4.78, 5) is 27.4. The first-order valence-corrected chi connectivity index (χ1v) is 11.9. The highest BCUT2D eigenvalue weighted by atomic mass is 16.3. The Labute approximate surface area is 204 Å². The predicted octanol–water partition coefficient (Wildman–Crippen LogP) is 3.61. The van der Waals surface area contributed by atoms with Crippen LogP contribution in [0.3, 0.4) is 0 Å². The number of hydrogen-bond donors (Lipinski definition) is 1. The van der Waals surface area contributed by atoms with Gasteiger partial charge in [0.15, 0.2) is 0 Å². The van der Waals surface area contributed by atoms with Crippen LogP contribution in [0, 0.1) is 6.92 Å². The van der Waals surface area contributed by atoms with E-state index in [9.17, 15) is 9.90 Å². The van der Waals surface area contributed by atoms with Crippen molar-refractivity contribution in [3.63, 3.8) is 0 Å². The van der Waals surface area contributed by atoms with Crippen LogP contribution >= 0.6 is 0 Å². The van der Waals surface area contributed by atoms with Gasteiger partial charge in [0.2, 0.25) is 0 Å². The van der Waals surface area contributed by atoms with Crippen molar-refractivity contribution in [3.05, 3.63) is 118 Å². The lowest BCUT2D eigenvalue weighted by molar-refractivity contribution is 0.204. The molecule has 0 bridgehead atoms. The van der Waals surface area contributed by atoms with E-state index >= 15 is 0 Å². The molecule has 3 aromatic heterocycles. The van der Waals surface area contributed by atoms with E-state index in [1.807, 2.05) is 73.7 Å². The lowest BCUT2D eigenvalue weighted by atomic mass is 9.99. The SMILES string of the molecule is Cc1cc(O)c(C(c2ccccn2)N2CCN(c3ccccn3)CC2)c(=O)n1Cc1ccccc1. The van der Waals surface area contributed by atoms with Gasteiger partial charge in [-0.25, -0.2) is 4.98 Å². The van der Waals surface area contributed by atoms with E-state index in [-0.39, 0.29) is 11.3 Å². The van der Waals surface area contributed by atoms with Crippen LogP contribution in [0.4, 0.5) is 5.82 Å². The molecule has 1 N–H and O–H groups in total. The van der Waals surface area contributed by atoms with Crippen molar-refractivity contribution in [2.45, 2.75) is 19.5 Å². The molecule has 1 atom stereocenters. The van der Waals surface area contributed by atoms with Crippen LogP contribution in [0.25, 0.3) is 0 Å². The van der Waals surface area contributed by atoms with E-state index in [2.05, 4.69) is 19.8 Å². The van der Waals surface area contributed by atoms with Gasteiger partial charge < -0.3 is 14.6 Å². The smallest absolute Gasteiger partial charge is 0.260 e. The van der Waals surface area contributed by atoms with Gasteiger partial charge in [0.1, 0.15) is 11.6 Å². The van der Waals surface area contributed by atoms with Crippen LogP contribution < -0.4 is 10.5 Å². The zero-order valence-corrected chi connectivity index (χ0v) is 19.8. The van der Waals surface area contributed by atoms with Crippen LogP contribution in [-0.2, 0) is 6.54 Å². The quantitative estimate of drug-likeness (QED) is 0.467. The molecule has 0 amide bonds.